The van der Waals surface area contributed by atoms with Crippen molar-refractivity contribution in [2.45, 2.75) is 38.1 Å². The van der Waals surface area contributed by atoms with E-state index in [-0.39, 0.29) is 30.3 Å². The Kier molecular flexibility index (Phi) is 4.36. The minimum absolute atomic E-state index is 0.0433. The van der Waals surface area contributed by atoms with Crippen molar-refractivity contribution >= 4 is 17.7 Å². The zero-order valence-corrected chi connectivity index (χ0v) is 10.9. The summed E-state index contributed by atoms with van der Waals surface area (Å²) in [7, 11) is 0. The van der Waals surface area contributed by atoms with Gasteiger partial charge in [0.25, 0.3) is 0 Å². The van der Waals surface area contributed by atoms with Gasteiger partial charge in [0, 0.05) is 19.5 Å². The lowest BCUT2D eigenvalue weighted by Gasteiger charge is -2.36. The number of piperazine rings is 1. The number of unbranched alkanes of at least 4 members (excludes halogenated alkanes) is 1. The second-order valence-electron chi connectivity index (χ2n) is 5.03. The molecule has 1 unspecified atom stereocenters. The van der Waals surface area contributed by atoms with Crippen LogP contribution in [0.4, 0.5) is 0 Å². The van der Waals surface area contributed by atoms with E-state index >= 15 is 0 Å². The summed E-state index contributed by atoms with van der Waals surface area (Å²) in [5, 5.41) is 0. The number of amides is 3. The monoisotopic (exact) mass is 268 g/mol. The van der Waals surface area contributed by atoms with Gasteiger partial charge in [-0.25, -0.2) is 5.84 Å². The first-order valence-corrected chi connectivity index (χ1v) is 6.71. The van der Waals surface area contributed by atoms with E-state index in [1.807, 2.05) is 0 Å². The van der Waals surface area contributed by atoms with Crippen molar-refractivity contribution in [2.75, 3.05) is 19.6 Å². The summed E-state index contributed by atoms with van der Waals surface area (Å²) in [6.07, 6.45) is 3.40. The third kappa shape index (κ3) is 3.04. The van der Waals surface area contributed by atoms with Crippen LogP contribution >= 0.6 is 0 Å². The molecule has 7 heteroatoms. The van der Waals surface area contributed by atoms with Crippen LogP contribution in [0.25, 0.3) is 0 Å². The van der Waals surface area contributed by atoms with Gasteiger partial charge in [-0.15, -0.1) is 0 Å². The lowest BCUT2D eigenvalue weighted by atomic mass is 10.1. The fourth-order valence-corrected chi connectivity index (χ4v) is 2.71. The largest absolute Gasteiger partial charge is 0.332 e. The first kappa shape index (κ1) is 13.8. The molecule has 0 saturated carbocycles. The molecule has 7 nitrogen and oxygen atoms in total. The van der Waals surface area contributed by atoms with Gasteiger partial charge in [0.15, 0.2) is 0 Å². The third-order valence-electron chi connectivity index (χ3n) is 3.74. The topological polar surface area (TPSA) is 95.7 Å². The first-order valence-electron chi connectivity index (χ1n) is 6.71. The number of nitrogens with zero attached hydrogens (tertiary/aromatic N) is 2. The van der Waals surface area contributed by atoms with Crippen LogP contribution in [0.5, 0.6) is 0 Å². The highest BCUT2D eigenvalue weighted by atomic mass is 16.2. The predicted molar refractivity (Wildman–Crippen MR) is 67.5 cm³/mol. The fourth-order valence-electron chi connectivity index (χ4n) is 2.71. The summed E-state index contributed by atoms with van der Waals surface area (Å²) in [6.45, 7) is 1.42. The van der Waals surface area contributed by atoms with Gasteiger partial charge in [-0.2, -0.15) is 0 Å². The van der Waals surface area contributed by atoms with Gasteiger partial charge in [0.05, 0.1) is 6.54 Å². The van der Waals surface area contributed by atoms with Crippen LogP contribution in [0, 0.1) is 0 Å². The number of hydrogen-bond acceptors (Lipinski definition) is 4. The smallest absolute Gasteiger partial charge is 0.245 e. The van der Waals surface area contributed by atoms with Crippen molar-refractivity contribution in [3.05, 3.63) is 0 Å². The summed E-state index contributed by atoms with van der Waals surface area (Å²) in [6, 6.07) is -0.242. The van der Waals surface area contributed by atoms with Gasteiger partial charge >= 0.3 is 0 Å². The average molecular weight is 268 g/mol. The molecule has 3 amide bonds. The van der Waals surface area contributed by atoms with E-state index < -0.39 is 0 Å². The molecule has 2 rings (SSSR count). The van der Waals surface area contributed by atoms with Gasteiger partial charge in [-0.3, -0.25) is 19.8 Å². The molecule has 0 aliphatic carbocycles. The Labute approximate surface area is 112 Å². The number of fused-ring (bicyclic) bond motifs is 1. The van der Waals surface area contributed by atoms with Crippen LogP contribution < -0.4 is 11.3 Å². The predicted octanol–water partition coefficient (Wildman–Crippen LogP) is -1.02. The number of carbonyl (C=O) groups excluding carboxylic acids is 3. The number of rotatable bonds is 5. The SMILES string of the molecule is NNC(=O)CCCCN1CC(=O)N2CCCC2C1=O. The van der Waals surface area contributed by atoms with E-state index in [0.717, 1.165) is 12.8 Å². The van der Waals surface area contributed by atoms with Gasteiger partial charge in [-0.1, -0.05) is 0 Å². The number of carbonyl (C=O) groups is 3. The van der Waals surface area contributed by atoms with E-state index in [1.165, 1.54) is 0 Å². The number of nitrogens with one attached hydrogen (secondary N) is 1. The molecule has 2 fully saturated rings. The van der Waals surface area contributed by atoms with Crippen LogP contribution in [0.3, 0.4) is 0 Å². The summed E-state index contributed by atoms with van der Waals surface area (Å²) in [5.41, 5.74) is 2.07. The Morgan fingerprint density at radius 2 is 2.16 bits per heavy atom. The zero-order chi connectivity index (χ0) is 13.8. The molecule has 106 valence electrons. The van der Waals surface area contributed by atoms with Crippen molar-refractivity contribution in [3.8, 4) is 0 Å². The van der Waals surface area contributed by atoms with Gasteiger partial charge < -0.3 is 9.80 Å². The Morgan fingerprint density at radius 1 is 1.37 bits per heavy atom. The lowest BCUT2D eigenvalue weighted by molar-refractivity contribution is -0.153. The quantitative estimate of drug-likeness (QED) is 0.289. The first-order chi connectivity index (χ1) is 9.13. The van der Waals surface area contributed by atoms with Crippen LogP contribution in [-0.2, 0) is 14.4 Å². The molecule has 2 heterocycles. The van der Waals surface area contributed by atoms with E-state index in [2.05, 4.69) is 5.43 Å². The number of hydrogen-bond donors (Lipinski definition) is 2. The highest BCUT2D eigenvalue weighted by Crippen LogP contribution is 2.23. The molecule has 0 aromatic heterocycles. The minimum atomic E-state index is -0.242. The maximum atomic E-state index is 12.2. The molecule has 19 heavy (non-hydrogen) atoms. The number of nitrogens with two attached hydrogens (primary N) is 1. The van der Waals surface area contributed by atoms with E-state index in [9.17, 15) is 14.4 Å². The second kappa shape index (κ2) is 6.01. The van der Waals surface area contributed by atoms with Crippen molar-refractivity contribution in [1.29, 1.82) is 0 Å². The molecule has 0 aromatic carbocycles. The molecule has 2 aliphatic heterocycles. The van der Waals surface area contributed by atoms with Crippen molar-refractivity contribution in [3.63, 3.8) is 0 Å². The van der Waals surface area contributed by atoms with E-state index in [0.29, 0.717) is 32.4 Å². The summed E-state index contributed by atoms with van der Waals surface area (Å²) in [4.78, 5) is 38.3. The molecule has 0 spiro atoms. The summed E-state index contributed by atoms with van der Waals surface area (Å²) < 4.78 is 0. The van der Waals surface area contributed by atoms with Crippen LogP contribution in [0.15, 0.2) is 0 Å². The second-order valence-corrected chi connectivity index (χ2v) is 5.03. The zero-order valence-electron chi connectivity index (χ0n) is 10.9. The van der Waals surface area contributed by atoms with Crippen LogP contribution in [0.2, 0.25) is 0 Å². The molecule has 0 bridgehead atoms. The molecular formula is C12H20N4O3. The molecule has 2 aliphatic rings. The third-order valence-corrected chi connectivity index (χ3v) is 3.74. The summed E-state index contributed by atoms with van der Waals surface area (Å²) >= 11 is 0. The van der Waals surface area contributed by atoms with Crippen molar-refractivity contribution in [1.82, 2.24) is 15.2 Å². The highest BCUT2D eigenvalue weighted by molar-refractivity contribution is 5.95. The maximum Gasteiger partial charge on any atom is 0.245 e. The van der Waals surface area contributed by atoms with Gasteiger partial charge in [0.1, 0.15) is 6.04 Å². The molecule has 1 atom stereocenters. The Balaban J connectivity index is 1.79. The molecule has 3 N–H and O–H groups in total. The Morgan fingerprint density at radius 3 is 2.89 bits per heavy atom. The van der Waals surface area contributed by atoms with Crippen LogP contribution in [-0.4, -0.2) is 53.2 Å². The van der Waals surface area contributed by atoms with Gasteiger partial charge in [-0.05, 0) is 25.7 Å². The fraction of sp³-hybridized carbons (Fsp3) is 0.750. The van der Waals surface area contributed by atoms with E-state index in [1.54, 1.807) is 9.80 Å². The minimum Gasteiger partial charge on any atom is -0.332 e. The Bertz CT molecular complexity index is 385. The summed E-state index contributed by atoms with van der Waals surface area (Å²) in [5.74, 6) is 4.88. The lowest BCUT2D eigenvalue weighted by Crippen LogP contribution is -2.57. The van der Waals surface area contributed by atoms with E-state index in [4.69, 9.17) is 5.84 Å². The molecular weight excluding hydrogens is 248 g/mol. The van der Waals surface area contributed by atoms with Crippen LogP contribution in [0.1, 0.15) is 32.1 Å². The standard InChI is InChI=1S/C12H20N4O3/c13-14-10(17)5-1-2-6-15-8-11(18)16-7-3-4-9(16)12(15)19/h9H,1-8,13H2,(H,14,17). The van der Waals surface area contributed by atoms with Gasteiger partial charge in [0.2, 0.25) is 17.7 Å². The molecule has 0 radical (unpaired) electrons. The Hall–Kier alpha value is -1.63. The normalized spacial score (nSPS) is 22.7. The van der Waals surface area contributed by atoms with Crippen molar-refractivity contribution < 1.29 is 14.4 Å². The highest BCUT2D eigenvalue weighted by Gasteiger charge is 2.41. The van der Waals surface area contributed by atoms with Crippen molar-refractivity contribution in [2.24, 2.45) is 5.84 Å². The average Bonchev–Trinajstić information content (AvgIpc) is 2.89. The molecule has 0 aromatic rings. The molecule has 2 saturated heterocycles. The number of hydrazine groups is 1. The maximum absolute atomic E-state index is 12.2.